The van der Waals surface area contributed by atoms with Crippen LogP contribution in [0.15, 0.2) is 64.2 Å². The highest BCUT2D eigenvalue weighted by molar-refractivity contribution is 5.94. The molecule has 4 N–H and O–H groups in total. The van der Waals surface area contributed by atoms with E-state index in [0.29, 0.717) is 18.2 Å². The predicted molar refractivity (Wildman–Crippen MR) is 137 cm³/mol. The van der Waals surface area contributed by atoms with Crippen molar-refractivity contribution in [2.24, 2.45) is 0 Å². The Labute approximate surface area is 199 Å². The van der Waals surface area contributed by atoms with Gasteiger partial charge in [-0.05, 0) is 35.6 Å². The molecule has 0 unspecified atom stereocenters. The summed E-state index contributed by atoms with van der Waals surface area (Å²) in [6, 6.07) is 17.2. The van der Waals surface area contributed by atoms with Crippen LogP contribution in [0.3, 0.4) is 0 Å². The van der Waals surface area contributed by atoms with E-state index in [2.05, 4.69) is 24.1 Å². The number of amides is 1. The van der Waals surface area contributed by atoms with Gasteiger partial charge in [-0.1, -0.05) is 69.7 Å². The number of rotatable bonds is 10. The molecule has 0 saturated carbocycles. The summed E-state index contributed by atoms with van der Waals surface area (Å²) in [6.45, 7) is 6.78. The molecule has 1 heterocycles. The lowest BCUT2D eigenvalue weighted by Crippen LogP contribution is -2.41. The van der Waals surface area contributed by atoms with Crippen molar-refractivity contribution in [3.8, 4) is 0 Å². The molecular formula is C26H33N5O3. The van der Waals surface area contributed by atoms with Gasteiger partial charge in [-0.3, -0.25) is 19.1 Å². The van der Waals surface area contributed by atoms with Gasteiger partial charge in [-0.2, -0.15) is 0 Å². The first kappa shape index (κ1) is 24.8. The molecule has 8 nitrogen and oxygen atoms in total. The van der Waals surface area contributed by atoms with Crippen LogP contribution >= 0.6 is 0 Å². The molecule has 3 aromatic rings. The molecule has 0 aliphatic carbocycles. The fraction of sp³-hybridized carbons (Fsp3) is 0.346. The summed E-state index contributed by atoms with van der Waals surface area (Å²) < 4.78 is 1.36. The van der Waals surface area contributed by atoms with Crippen molar-refractivity contribution >= 4 is 23.1 Å². The Kier molecular flexibility index (Phi) is 8.29. The molecule has 3 rings (SSSR count). The minimum absolute atomic E-state index is 0.0622. The molecule has 2 aromatic carbocycles. The zero-order valence-electron chi connectivity index (χ0n) is 20.0. The van der Waals surface area contributed by atoms with Crippen LogP contribution in [0.5, 0.6) is 0 Å². The topological polar surface area (TPSA) is 113 Å². The number of aromatic amines is 1. The number of nitrogens with zero attached hydrogens (tertiary/aromatic N) is 2. The third-order valence-electron chi connectivity index (χ3n) is 5.68. The third kappa shape index (κ3) is 6.15. The second-order valence-electron chi connectivity index (χ2n) is 8.66. The van der Waals surface area contributed by atoms with Crippen molar-refractivity contribution in [3.63, 3.8) is 0 Å². The SMILES string of the molecule is CCCCn1c(N)c(N(CC(=O)Nc2ccc(C(C)C)cc2)Cc2ccccc2)c(=O)[nH]c1=O. The van der Waals surface area contributed by atoms with E-state index in [-0.39, 0.29) is 30.5 Å². The average Bonchev–Trinajstić information content (AvgIpc) is 2.79. The lowest BCUT2D eigenvalue weighted by atomic mass is 10.0. The van der Waals surface area contributed by atoms with Crippen LogP contribution in [0.25, 0.3) is 0 Å². The minimum Gasteiger partial charge on any atom is -0.383 e. The molecule has 34 heavy (non-hydrogen) atoms. The van der Waals surface area contributed by atoms with Crippen molar-refractivity contribution in [1.29, 1.82) is 0 Å². The number of aromatic nitrogens is 2. The van der Waals surface area contributed by atoms with Gasteiger partial charge in [0.15, 0.2) is 0 Å². The molecule has 1 aromatic heterocycles. The monoisotopic (exact) mass is 463 g/mol. The summed E-state index contributed by atoms with van der Waals surface area (Å²) in [7, 11) is 0. The number of nitrogen functional groups attached to an aromatic ring is 1. The Morgan fingerprint density at radius 1 is 1.09 bits per heavy atom. The van der Waals surface area contributed by atoms with Crippen LogP contribution in [0, 0.1) is 0 Å². The van der Waals surface area contributed by atoms with Crippen molar-refractivity contribution in [3.05, 3.63) is 86.6 Å². The molecule has 0 atom stereocenters. The first-order chi connectivity index (χ1) is 16.3. The number of hydrogen-bond acceptors (Lipinski definition) is 5. The van der Waals surface area contributed by atoms with E-state index in [9.17, 15) is 14.4 Å². The number of nitrogens with one attached hydrogen (secondary N) is 2. The number of anilines is 3. The highest BCUT2D eigenvalue weighted by Gasteiger charge is 2.21. The number of carbonyl (C=O) groups excluding carboxylic acids is 1. The second kappa shape index (κ2) is 11.4. The van der Waals surface area contributed by atoms with E-state index in [4.69, 9.17) is 5.73 Å². The summed E-state index contributed by atoms with van der Waals surface area (Å²) in [5.74, 6) is 0.162. The molecule has 1 amide bonds. The summed E-state index contributed by atoms with van der Waals surface area (Å²) in [5, 5.41) is 2.89. The molecule has 0 saturated heterocycles. The normalized spacial score (nSPS) is 10.9. The maximum Gasteiger partial charge on any atom is 0.330 e. The molecule has 180 valence electrons. The van der Waals surface area contributed by atoms with Gasteiger partial charge in [0.05, 0.1) is 6.54 Å². The minimum atomic E-state index is -0.611. The largest absolute Gasteiger partial charge is 0.383 e. The zero-order chi connectivity index (χ0) is 24.7. The number of nitrogens with two attached hydrogens (primary N) is 1. The Hall–Kier alpha value is -3.81. The Bertz CT molecular complexity index is 1210. The molecule has 8 heteroatoms. The molecule has 0 spiro atoms. The van der Waals surface area contributed by atoms with E-state index in [1.165, 1.54) is 10.1 Å². The Morgan fingerprint density at radius 2 is 1.76 bits per heavy atom. The number of hydrogen-bond donors (Lipinski definition) is 3. The average molecular weight is 464 g/mol. The number of carbonyl (C=O) groups is 1. The van der Waals surface area contributed by atoms with Crippen molar-refractivity contribution in [2.45, 2.75) is 52.6 Å². The highest BCUT2D eigenvalue weighted by atomic mass is 16.2. The lowest BCUT2D eigenvalue weighted by molar-refractivity contribution is -0.115. The smallest absolute Gasteiger partial charge is 0.330 e. The van der Waals surface area contributed by atoms with Crippen molar-refractivity contribution in [2.75, 3.05) is 22.5 Å². The highest BCUT2D eigenvalue weighted by Crippen LogP contribution is 2.21. The first-order valence-electron chi connectivity index (χ1n) is 11.6. The van der Waals surface area contributed by atoms with Crippen LogP contribution < -0.4 is 27.2 Å². The van der Waals surface area contributed by atoms with Gasteiger partial charge in [0.2, 0.25) is 5.91 Å². The Balaban J connectivity index is 1.92. The standard InChI is InChI=1S/C26H33N5O3/c1-4-5-15-31-24(27)23(25(33)29-26(31)34)30(16-19-9-7-6-8-10-19)17-22(32)28-21-13-11-20(12-14-21)18(2)3/h6-14,18H,4-5,15-17,27H2,1-3H3,(H,28,32)(H,29,33,34). The van der Waals surface area contributed by atoms with E-state index in [1.54, 1.807) is 4.90 Å². The number of H-pyrrole nitrogens is 1. The van der Waals surface area contributed by atoms with E-state index < -0.39 is 11.2 Å². The van der Waals surface area contributed by atoms with Gasteiger partial charge in [0, 0.05) is 18.8 Å². The summed E-state index contributed by atoms with van der Waals surface area (Å²) >= 11 is 0. The van der Waals surface area contributed by atoms with Gasteiger partial charge in [-0.25, -0.2) is 4.79 Å². The van der Waals surface area contributed by atoms with Gasteiger partial charge in [-0.15, -0.1) is 0 Å². The van der Waals surface area contributed by atoms with Crippen LogP contribution in [-0.2, 0) is 17.9 Å². The maximum atomic E-state index is 13.0. The number of unbranched alkanes of at least 4 members (excludes halogenated alkanes) is 1. The quantitative estimate of drug-likeness (QED) is 0.424. The number of benzene rings is 2. The summed E-state index contributed by atoms with van der Waals surface area (Å²) in [6.07, 6.45) is 1.60. The van der Waals surface area contributed by atoms with Crippen LogP contribution in [0.4, 0.5) is 17.2 Å². The molecule has 0 aliphatic rings. The lowest BCUT2D eigenvalue weighted by Gasteiger charge is -2.26. The Morgan fingerprint density at radius 3 is 2.38 bits per heavy atom. The third-order valence-corrected chi connectivity index (χ3v) is 5.68. The van der Waals surface area contributed by atoms with E-state index >= 15 is 0 Å². The molecule has 0 fully saturated rings. The van der Waals surface area contributed by atoms with Gasteiger partial charge < -0.3 is 16.0 Å². The van der Waals surface area contributed by atoms with Crippen LogP contribution in [0.2, 0.25) is 0 Å². The van der Waals surface area contributed by atoms with Gasteiger partial charge in [0.1, 0.15) is 11.5 Å². The van der Waals surface area contributed by atoms with E-state index in [1.807, 2.05) is 61.5 Å². The zero-order valence-corrected chi connectivity index (χ0v) is 20.0. The predicted octanol–water partition coefficient (Wildman–Crippen LogP) is 3.69. The summed E-state index contributed by atoms with van der Waals surface area (Å²) in [4.78, 5) is 42.2. The second-order valence-corrected chi connectivity index (χ2v) is 8.66. The molecule has 0 aliphatic heterocycles. The van der Waals surface area contributed by atoms with Crippen molar-refractivity contribution < 1.29 is 4.79 Å². The van der Waals surface area contributed by atoms with Gasteiger partial charge >= 0.3 is 5.69 Å². The van der Waals surface area contributed by atoms with Crippen LogP contribution in [0.1, 0.15) is 50.7 Å². The van der Waals surface area contributed by atoms with Crippen LogP contribution in [-0.4, -0.2) is 22.0 Å². The molecular weight excluding hydrogens is 430 g/mol. The fourth-order valence-electron chi connectivity index (χ4n) is 3.76. The summed E-state index contributed by atoms with van der Waals surface area (Å²) in [5.41, 5.74) is 8.03. The fourth-order valence-corrected chi connectivity index (χ4v) is 3.76. The molecule has 0 bridgehead atoms. The van der Waals surface area contributed by atoms with E-state index in [0.717, 1.165) is 18.4 Å². The maximum absolute atomic E-state index is 13.0. The molecule has 0 radical (unpaired) electrons. The van der Waals surface area contributed by atoms with Crippen molar-refractivity contribution in [1.82, 2.24) is 9.55 Å². The van der Waals surface area contributed by atoms with Gasteiger partial charge in [0.25, 0.3) is 5.56 Å². The first-order valence-corrected chi connectivity index (χ1v) is 11.6.